The maximum absolute atomic E-state index is 5.76. The van der Waals surface area contributed by atoms with Crippen molar-refractivity contribution in [1.82, 2.24) is 19.9 Å². The normalized spacial score (nSPS) is 21.0. The highest BCUT2D eigenvalue weighted by atomic mass is 15.2. The van der Waals surface area contributed by atoms with Crippen LogP contribution in [0.3, 0.4) is 0 Å². The highest BCUT2D eigenvalue weighted by Crippen LogP contribution is 2.41. The molecule has 3 aromatic rings. The number of fused-ring (bicyclic) bond motifs is 1. The lowest BCUT2D eigenvalue weighted by Gasteiger charge is -2.41. The van der Waals surface area contributed by atoms with Crippen molar-refractivity contribution >= 4 is 11.0 Å². The molecule has 1 aromatic carbocycles. The number of imidazole rings is 1. The van der Waals surface area contributed by atoms with E-state index in [4.69, 9.17) is 15.7 Å². The van der Waals surface area contributed by atoms with Gasteiger partial charge in [-0.3, -0.25) is 9.88 Å². The molecule has 1 aliphatic rings. The molecule has 0 radical (unpaired) electrons. The number of unbranched alkanes of at least 4 members (excludes halogenated alkanes) is 1. The molecule has 1 fully saturated rings. The smallest absolute Gasteiger partial charge is 0.124 e. The van der Waals surface area contributed by atoms with Crippen molar-refractivity contribution in [3.05, 3.63) is 59.7 Å². The molecule has 3 heterocycles. The highest BCUT2D eigenvalue weighted by Gasteiger charge is 2.35. The molecule has 4 rings (SSSR count). The molecule has 1 saturated heterocycles. The fraction of sp³-hybridized carbons (Fsp3) is 0.455. The van der Waals surface area contributed by atoms with Crippen LogP contribution in [0.5, 0.6) is 0 Å². The number of rotatable bonds is 6. The van der Waals surface area contributed by atoms with Crippen LogP contribution >= 0.6 is 0 Å². The summed E-state index contributed by atoms with van der Waals surface area (Å²) >= 11 is 0. The van der Waals surface area contributed by atoms with Crippen molar-refractivity contribution in [1.29, 1.82) is 0 Å². The summed E-state index contributed by atoms with van der Waals surface area (Å²) in [5, 5.41) is 0. The summed E-state index contributed by atoms with van der Waals surface area (Å²) in [4.78, 5) is 15.9. The summed E-state index contributed by atoms with van der Waals surface area (Å²) in [6.45, 7) is 3.95. The molecule has 5 nitrogen and oxygen atoms in total. The van der Waals surface area contributed by atoms with Crippen molar-refractivity contribution < 1.29 is 0 Å². The van der Waals surface area contributed by atoms with E-state index < -0.39 is 0 Å². The first-order valence-electron chi connectivity index (χ1n) is 10.1. The summed E-state index contributed by atoms with van der Waals surface area (Å²) < 4.78 is 0. The van der Waals surface area contributed by atoms with E-state index in [-0.39, 0.29) is 0 Å². The number of hydrogen-bond donors (Lipinski definition) is 2. The van der Waals surface area contributed by atoms with E-state index in [0.717, 1.165) is 55.6 Å². The molecule has 27 heavy (non-hydrogen) atoms. The predicted octanol–water partition coefficient (Wildman–Crippen LogP) is 4.27. The Bertz CT molecular complexity index is 854. The van der Waals surface area contributed by atoms with E-state index in [1.165, 1.54) is 17.7 Å². The van der Waals surface area contributed by atoms with Gasteiger partial charge >= 0.3 is 0 Å². The van der Waals surface area contributed by atoms with Crippen LogP contribution in [-0.2, 0) is 0 Å². The monoisotopic (exact) mass is 363 g/mol. The lowest BCUT2D eigenvalue weighted by molar-refractivity contribution is 0.0729. The number of pyridine rings is 1. The van der Waals surface area contributed by atoms with Crippen LogP contribution < -0.4 is 5.73 Å². The molecule has 0 bridgehead atoms. The third-order valence-corrected chi connectivity index (χ3v) is 5.72. The Labute approximate surface area is 161 Å². The highest BCUT2D eigenvalue weighted by molar-refractivity contribution is 5.74. The second-order valence-electron chi connectivity index (χ2n) is 7.54. The average molecular weight is 364 g/mol. The van der Waals surface area contributed by atoms with E-state index in [9.17, 15) is 0 Å². The lowest BCUT2D eigenvalue weighted by atomic mass is 9.91. The van der Waals surface area contributed by atoms with Gasteiger partial charge in [0.15, 0.2) is 0 Å². The molecule has 5 heteroatoms. The number of aryl methyl sites for hydroxylation is 1. The fourth-order valence-corrected chi connectivity index (χ4v) is 4.37. The molecule has 3 N–H and O–H groups in total. The number of nitrogens with one attached hydrogen (secondary N) is 1. The van der Waals surface area contributed by atoms with Gasteiger partial charge in [-0.15, -0.1) is 0 Å². The number of hydrogen-bond acceptors (Lipinski definition) is 4. The van der Waals surface area contributed by atoms with E-state index in [2.05, 4.69) is 41.1 Å². The first kappa shape index (κ1) is 18.1. The maximum atomic E-state index is 5.76. The number of nitrogens with zero attached hydrogens (tertiary/aromatic N) is 3. The Morgan fingerprint density at radius 1 is 1.11 bits per heavy atom. The Hall–Kier alpha value is -2.24. The molecule has 0 unspecified atom stereocenters. The van der Waals surface area contributed by atoms with Gasteiger partial charge in [0.25, 0.3) is 0 Å². The van der Waals surface area contributed by atoms with Gasteiger partial charge in [-0.25, -0.2) is 4.98 Å². The van der Waals surface area contributed by atoms with Crippen molar-refractivity contribution in [2.45, 2.75) is 51.1 Å². The minimum Gasteiger partial charge on any atom is -0.341 e. The van der Waals surface area contributed by atoms with Gasteiger partial charge in [-0.1, -0.05) is 18.2 Å². The fourth-order valence-electron chi connectivity index (χ4n) is 4.37. The quantitative estimate of drug-likeness (QED) is 0.642. The predicted molar refractivity (Wildman–Crippen MR) is 109 cm³/mol. The zero-order valence-electron chi connectivity index (χ0n) is 16.1. The molecule has 2 atom stereocenters. The number of para-hydroxylation sites is 2. The Balaban J connectivity index is 1.68. The number of nitrogens with two attached hydrogens (primary N) is 1. The molecular formula is C22H29N5. The zero-order valence-corrected chi connectivity index (χ0v) is 16.1. The summed E-state index contributed by atoms with van der Waals surface area (Å²) in [6, 6.07) is 13.1. The zero-order chi connectivity index (χ0) is 18.6. The Morgan fingerprint density at radius 3 is 2.78 bits per heavy atom. The summed E-state index contributed by atoms with van der Waals surface area (Å²) in [6.07, 6.45) is 7.55. The van der Waals surface area contributed by atoms with Gasteiger partial charge in [0.05, 0.1) is 28.8 Å². The SMILES string of the molecule is Cc1cccnc1[C@@H]1CCC[C@H](c2nc3ccccc3[nH]2)N1CCCCN. The summed E-state index contributed by atoms with van der Waals surface area (Å²) in [5.41, 5.74) is 10.4. The standard InChI is InChI=1S/C22H29N5/c1-16-8-7-14-24-21(16)19-11-6-12-20(27(19)15-5-4-13-23)22-25-17-9-2-3-10-18(17)26-22/h2-3,7-10,14,19-20H,4-6,11-13,15,23H2,1H3,(H,25,26)/t19-,20+/m0/s1. The molecule has 0 spiro atoms. The molecule has 0 saturated carbocycles. The maximum Gasteiger partial charge on any atom is 0.124 e. The average Bonchev–Trinajstić information content (AvgIpc) is 3.13. The topological polar surface area (TPSA) is 70.8 Å². The van der Waals surface area contributed by atoms with Crippen molar-refractivity contribution in [3.8, 4) is 0 Å². The van der Waals surface area contributed by atoms with Crippen LogP contribution in [-0.4, -0.2) is 32.9 Å². The van der Waals surface area contributed by atoms with Gasteiger partial charge in [0, 0.05) is 6.20 Å². The van der Waals surface area contributed by atoms with Crippen LogP contribution in [0.1, 0.15) is 61.3 Å². The van der Waals surface area contributed by atoms with Crippen LogP contribution in [0.2, 0.25) is 0 Å². The van der Waals surface area contributed by atoms with Gasteiger partial charge in [-0.2, -0.15) is 0 Å². The van der Waals surface area contributed by atoms with Crippen LogP contribution in [0.15, 0.2) is 42.6 Å². The molecule has 0 amide bonds. The van der Waals surface area contributed by atoms with Crippen molar-refractivity contribution in [2.75, 3.05) is 13.1 Å². The lowest BCUT2D eigenvalue weighted by Crippen LogP contribution is -2.38. The Kier molecular flexibility index (Phi) is 5.50. The van der Waals surface area contributed by atoms with Crippen molar-refractivity contribution in [2.24, 2.45) is 5.73 Å². The third-order valence-electron chi connectivity index (χ3n) is 5.72. The number of H-pyrrole nitrogens is 1. The molecule has 142 valence electrons. The van der Waals surface area contributed by atoms with Gasteiger partial charge < -0.3 is 10.7 Å². The summed E-state index contributed by atoms with van der Waals surface area (Å²) in [7, 11) is 0. The van der Waals surface area contributed by atoms with E-state index in [1.807, 2.05) is 18.3 Å². The third kappa shape index (κ3) is 3.75. The number of aromatic nitrogens is 3. The van der Waals surface area contributed by atoms with E-state index >= 15 is 0 Å². The first-order chi connectivity index (χ1) is 13.3. The van der Waals surface area contributed by atoms with Gasteiger partial charge in [0.2, 0.25) is 0 Å². The number of piperidine rings is 1. The van der Waals surface area contributed by atoms with Crippen molar-refractivity contribution in [3.63, 3.8) is 0 Å². The summed E-state index contributed by atoms with van der Waals surface area (Å²) in [5.74, 6) is 1.09. The van der Waals surface area contributed by atoms with Crippen LogP contribution in [0.25, 0.3) is 11.0 Å². The second kappa shape index (κ2) is 8.19. The molecule has 1 aliphatic heterocycles. The van der Waals surface area contributed by atoms with E-state index in [1.54, 1.807) is 0 Å². The number of benzene rings is 1. The molecular weight excluding hydrogens is 334 g/mol. The van der Waals surface area contributed by atoms with Crippen LogP contribution in [0.4, 0.5) is 0 Å². The Morgan fingerprint density at radius 2 is 1.96 bits per heavy atom. The van der Waals surface area contributed by atoms with Gasteiger partial charge in [0.1, 0.15) is 5.82 Å². The van der Waals surface area contributed by atoms with Crippen LogP contribution in [0, 0.1) is 6.92 Å². The minimum absolute atomic E-state index is 0.301. The molecule has 2 aromatic heterocycles. The molecule has 0 aliphatic carbocycles. The second-order valence-corrected chi connectivity index (χ2v) is 7.54. The number of likely N-dealkylation sites (tertiary alicyclic amines) is 1. The minimum atomic E-state index is 0.301. The largest absolute Gasteiger partial charge is 0.341 e. The number of aromatic amines is 1. The van der Waals surface area contributed by atoms with E-state index in [0.29, 0.717) is 12.1 Å². The van der Waals surface area contributed by atoms with Gasteiger partial charge in [-0.05, 0) is 75.9 Å². The first-order valence-corrected chi connectivity index (χ1v) is 10.1.